The minimum atomic E-state index is -0.543. The minimum Gasteiger partial charge on any atom is -0.508 e. The van der Waals surface area contributed by atoms with Crippen LogP contribution < -0.4 is 14.4 Å². The number of halogens is 1. The van der Waals surface area contributed by atoms with Crippen molar-refractivity contribution in [1.29, 1.82) is 0 Å². The lowest BCUT2D eigenvalue weighted by Gasteiger charge is -2.23. The number of rotatable bonds is 6. The molecule has 0 aliphatic carbocycles. The van der Waals surface area contributed by atoms with Crippen molar-refractivity contribution in [3.63, 3.8) is 0 Å². The lowest BCUT2D eigenvalue weighted by molar-refractivity contribution is -0.116. The fourth-order valence-electron chi connectivity index (χ4n) is 2.65. The minimum absolute atomic E-state index is 0.00446. The first-order valence-corrected chi connectivity index (χ1v) is 8.51. The molecule has 7 heteroatoms. The van der Waals surface area contributed by atoms with Gasteiger partial charge in [-0.25, -0.2) is 9.37 Å². The molecular weight excluding hydrogens is 363 g/mol. The van der Waals surface area contributed by atoms with Crippen molar-refractivity contribution in [1.82, 2.24) is 4.98 Å². The van der Waals surface area contributed by atoms with Gasteiger partial charge in [-0.3, -0.25) is 4.79 Å². The molecule has 1 aromatic heterocycles. The third-order valence-electron chi connectivity index (χ3n) is 4.08. The first kappa shape index (κ1) is 19.2. The van der Waals surface area contributed by atoms with Crippen LogP contribution in [0.3, 0.4) is 0 Å². The monoisotopic (exact) mass is 382 g/mol. The Morgan fingerprint density at radius 2 is 1.96 bits per heavy atom. The molecule has 0 saturated carbocycles. The van der Waals surface area contributed by atoms with Gasteiger partial charge in [0.15, 0.2) is 11.6 Å². The topological polar surface area (TPSA) is 71.9 Å². The van der Waals surface area contributed by atoms with E-state index in [2.05, 4.69) is 4.98 Å². The molecule has 0 aliphatic heterocycles. The molecule has 3 rings (SSSR count). The normalized spacial score (nSPS) is 10.4. The summed E-state index contributed by atoms with van der Waals surface area (Å²) in [5.74, 6) is -0.203. The van der Waals surface area contributed by atoms with Crippen molar-refractivity contribution in [2.75, 3.05) is 12.0 Å². The molecule has 6 nitrogen and oxygen atoms in total. The number of carbonyl (C=O) groups excluding carboxylic acids is 1. The van der Waals surface area contributed by atoms with Crippen LogP contribution >= 0.6 is 0 Å². The van der Waals surface area contributed by atoms with Gasteiger partial charge in [0, 0.05) is 18.7 Å². The summed E-state index contributed by atoms with van der Waals surface area (Å²) in [5.41, 5.74) is 0.829. The van der Waals surface area contributed by atoms with Crippen LogP contribution in [0.4, 0.5) is 10.1 Å². The highest BCUT2D eigenvalue weighted by Crippen LogP contribution is 2.33. The van der Waals surface area contributed by atoms with Gasteiger partial charge in [0.25, 0.3) is 0 Å². The molecule has 1 N–H and O–H groups in total. The van der Waals surface area contributed by atoms with Gasteiger partial charge in [0.2, 0.25) is 11.8 Å². The number of carbonyl (C=O) groups is 1. The molecule has 0 unspecified atom stereocenters. The van der Waals surface area contributed by atoms with Gasteiger partial charge in [-0.2, -0.15) is 0 Å². The maximum absolute atomic E-state index is 14.0. The number of ether oxygens (including phenoxy) is 2. The van der Waals surface area contributed by atoms with Gasteiger partial charge in [-0.15, -0.1) is 0 Å². The largest absolute Gasteiger partial charge is 0.508 e. The molecule has 0 aliphatic rings. The smallest absolute Gasteiger partial charge is 0.243 e. The van der Waals surface area contributed by atoms with E-state index in [-0.39, 0.29) is 29.8 Å². The fraction of sp³-hybridized carbons (Fsp3) is 0.143. The van der Waals surface area contributed by atoms with Crippen molar-refractivity contribution in [2.24, 2.45) is 0 Å². The average molecular weight is 382 g/mol. The lowest BCUT2D eigenvalue weighted by atomic mass is 10.1. The predicted molar refractivity (Wildman–Crippen MR) is 102 cm³/mol. The van der Waals surface area contributed by atoms with Crippen LogP contribution in [0.5, 0.6) is 23.1 Å². The molecular formula is C21H19FN2O4. The molecule has 0 saturated heterocycles. The van der Waals surface area contributed by atoms with E-state index in [1.165, 1.54) is 43.3 Å². The van der Waals surface area contributed by atoms with Gasteiger partial charge in [0.05, 0.1) is 13.7 Å². The van der Waals surface area contributed by atoms with Crippen molar-refractivity contribution >= 4 is 11.6 Å². The zero-order valence-corrected chi connectivity index (χ0v) is 15.4. The highest BCUT2D eigenvalue weighted by atomic mass is 19.1. The van der Waals surface area contributed by atoms with E-state index in [9.17, 15) is 14.3 Å². The second-order valence-electron chi connectivity index (χ2n) is 5.96. The summed E-state index contributed by atoms with van der Waals surface area (Å²) in [4.78, 5) is 17.9. The number of hydrogen-bond donors (Lipinski definition) is 1. The summed E-state index contributed by atoms with van der Waals surface area (Å²) >= 11 is 0. The summed E-state index contributed by atoms with van der Waals surface area (Å²) in [7, 11) is 1.51. The second kappa shape index (κ2) is 8.39. The zero-order valence-electron chi connectivity index (χ0n) is 15.4. The van der Waals surface area contributed by atoms with Crippen LogP contribution in [-0.2, 0) is 11.3 Å². The van der Waals surface area contributed by atoms with Crippen LogP contribution in [-0.4, -0.2) is 23.1 Å². The maximum Gasteiger partial charge on any atom is 0.243 e. The van der Waals surface area contributed by atoms with Crippen molar-refractivity contribution < 1.29 is 23.8 Å². The summed E-state index contributed by atoms with van der Waals surface area (Å²) < 4.78 is 24.8. The van der Waals surface area contributed by atoms with E-state index >= 15 is 0 Å². The van der Waals surface area contributed by atoms with E-state index in [0.717, 1.165) is 0 Å². The molecule has 0 fully saturated rings. The second-order valence-corrected chi connectivity index (χ2v) is 5.96. The van der Waals surface area contributed by atoms with E-state index in [1.807, 2.05) is 0 Å². The highest BCUT2D eigenvalue weighted by Gasteiger charge is 2.20. The van der Waals surface area contributed by atoms with E-state index in [0.29, 0.717) is 17.0 Å². The van der Waals surface area contributed by atoms with Crippen LogP contribution in [0.1, 0.15) is 12.5 Å². The quantitative estimate of drug-likeness (QED) is 0.689. The Morgan fingerprint density at radius 3 is 2.68 bits per heavy atom. The first-order valence-electron chi connectivity index (χ1n) is 8.51. The van der Waals surface area contributed by atoms with Crippen LogP contribution in [0.15, 0.2) is 60.8 Å². The number of pyridine rings is 1. The van der Waals surface area contributed by atoms with E-state index in [4.69, 9.17) is 9.47 Å². The van der Waals surface area contributed by atoms with Crippen molar-refractivity contribution in [3.05, 3.63) is 72.2 Å². The Labute approximate surface area is 161 Å². The molecule has 0 radical (unpaired) electrons. The molecule has 0 spiro atoms. The summed E-state index contributed by atoms with van der Waals surface area (Å²) in [6.07, 6.45) is 1.49. The number of para-hydroxylation sites is 1. The van der Waals surface area contributed by atoms with Gasteiger partial charge in [0.1, 0.15) is 17.2 Å². The predicted octanol–water partition coefficient (Wildman–Crippen LogP) is 4.28. The number of aromatic nitrogens is 1. The number of phenols is 1. The molecule has 1 amide bonds. The molecule has 1 heterocycles. The number of nitrogens with zero attached hydrogens (tertiary/aromatic N) is 2. The van der Waals surface area contributed by atoms with Crippen LogP contribution in [0, 0.1) is 5.82 Å². The molecule has 0 atom stereocenters. The van der Waals surface area contributed by atoms with Gasteiger partial charge in [-0.05, 0) is 42.5 Å². The van der Waals surface area contributed by atoms with Crippen molar-refractivity contribution in [3.8, 4) is 23.1 Å². The van der Waals surface area contributed by atoms with Gasteiger partial charge < -0.3 is 19.5 Å². The number of aromatic hydroxyl groups is 1. The van der Waals surface area contributed by atoms with E-state index in [1.54, 1.807) is 36.4 Å². The maximum atomic E-state index is 14.0. The number of amides is 1. The SMILES string of the molecule is COc1ccc(O)c(CN(C(C)=O)c2cccnc2Oc2ccccc2F)c1. The summed E-state index contributed by atoms with van der Waals surface area (Å²) in [6.45, 7) is 1.44. The lowest BCUT2D eigenvalue weighted by Crippen LogP contribution is -2.28. The Bertz CT molecular complexity index is 994. The molecule has 0 bridgehead atoms. The Hall–Kier alpha value is -3.61. The van der Waals surface area contributed by atoms with Crippen LogP contribution in [0.25, 0.3) is 0 Å². The Morgan fingerprint density at radius 1 is 1.18 bits per heavy atom. The number of methoxy groups -OCH3 is 1. The molecule has 3 aromatic rings. The molecule has 144 valence electrons. The van der Waals surface area contributed by atoms with Gasteiger partial charge >= 0.3 is 0 Å². The zero-order chi connectivity index (χ0) is 20.1. The van der Waals surface area contributed by atoms with Gasteiger partial charge in [-0.1, -0.05) is 12.1 Å². The fourth-order valence-corrected chi connectivity index (χ4v) is 2.65. The molecule has 28 heavy (non-hydrogen) atoms. The standard InChI is InChI=1S/C21H19FN2O4/c1-14(25)24(13-15-12-16(27-2)9-10-19(15)26)18-7-5-11-23-21(18)28-20-8-4-3-6-17(20)22/h3-12,26H,13H2,1-2H3. The third kappa shape index (κ3) is 4.20. The average Bonchev–Trinajstić information content (AvgIpc) is 2.69. The highest BCUT2D eigenvalue weighted by molar-refractivity contribution is 5.92. The number of anilines is 1. The summed E-state index contributed by atoms with van der Waals surface area (Å²) in [5, 5.41) is 10.2. The number of phenolic OH excluding ortho intramolecular Hbond substituents is 1. The number of benzene rings is 2. The Balaban J connectivity index is 1.97. The number of hydrogen-bond acceptors (Lipinski definition) is 5. The molecule has 2 aromatic carbocycles. The van der Waals surface area contributed by atoms with Crippen LogP contribution in [0.2, 0.25) is 0 Å². The third-order valence-corrected chi connectivity index (χ3v) is 4.08. The van der Waals surface area contributed by atoms with Crippen molar-refractivity contribution in [2.45, 2.75) is 13.5 Å². The Kier molecular flexibility index (Phi) is 5.74. The first-order chi connectivity index (χ1) is 13.5. The van der Waals surface area contributed by atoms with E-state index < -0.39 is 5.82 Å². The summed E-state index contributed by atoms with van der Waals surface area (Å²) in [6, 6.07) is 14.0.